The summed E-state index contributed by atoms with van der Waals surface area (Å²) in [4.78, 5) is 12.9. The van der Waals surface area contributed by atoms with Crippen LogP contribution in [-0.2, 0) is 12.0 Å². The van der Waals surface area contributed by atoms with Crippen molar-refractivity contribution in [3.8, 4) is 5.82 Å². The Bertz CT molecular complexity index is 956. The molecule has 2 heterocycles. The lowest BCUT2D eigenvalue weighted by Crippen LogP contribution is -2.35. The molecule has 0 saturated heterocycles. The quantitative estimate of drug-likeness (QED) is 0.744. The molecule has 2 aromatic heterocycles. The third kappa shape index (κ3) is 2.62. The van der Waals surface area contributed by atoms with Gasteiger partial charge in [0, 0.05) is 35.8 Å². The second kappa shape index (κ2) is 6.04. The van der Waals surface area contributed by atoms with Crippen molar-refractivity contribution in [2.75, 3.05) is 7.05 Å². The van der Waals surface area contributed by atoms with Crippen LogP contribution in [0.15, 0.2) is 35.5 Å². The summed E-state index contributed by atoms with van der Waals surface area (Å²) in [5, 5.41) is 14.9. The van der Waals surface area contributed by atoms with E-state index in [0.29, 0.717) is 11.6 Å². The van der Waals surface area contributed by atoms with Gasteiger partial charge in [-0.05, 0) is 31.4 Å². The largest absolute Gasteiger partial charge is 0.388 e. The SMILES string of the molecule is C/N=C\C1(c2ccc3cnn(-c4cc(C)nc(CO)n4)c3c2)CCC1. The molecule has 0 spiro atoms. The molecule has 1 aromatic carbocycles. The van der Waals surface area contributed by atoms with Crippen molar-refractivity contribution in [1.29, 1.82) is 0 Å². The smallest absolute Gasteiger partial charge is 0.158 e. The van der Waals surface area contributed by atoms with Crippen molar-refractivity contribution in [3.63, 3.8) is 0 Å². The van der Waals surface area contributed by atoms with Gasteiger partial charge >= 0.3 is 0 Å². The molecule has 1 N–H and O–H groups in total. The Morgan fingerprint density at radius 1 is 1.28 bits per heavy atom. The van der Waals surface area contributed by atoms with E-state index in [2.05, 4.69) is 44.5 Å². The van der Waals surface area contributed by atoms with Crippen molar-refractivity contribution in [2.45, 2.75) is 38.2 Å². The maximum atomic E-state index is 9.38. The number of aliphatic hydroxyl groups is 1. The van der Waals surface area contributed by atoms with Gasteiger partial charge in [-0.25, -0.2) is 14.6 Å². The minimum absolute atomic E-state index is 0.0515. The van der Waals surface area contributed by atoms with Crippen LogP contribution in [0.4, 0.5) is 0 Å². The maximum absolute atomic E-state index is 9.38. The van der Waals surface area contributed by atoms with Gasteiger partial charge in [-0.15, -0.1) is 0 Å². The fourth-order valence-electron chi connectivity index (χ4n) is 3.60. The number of benzene rings is 1. The van der Waals surface area contributed by atoms with Crippen LogP contribution in [-0.4, -0.2) is 38.1 Å². The van der Waals surface area contributed by atoms with E-state index in [4.69, 9.17) is 0 Å². The third-order valence-electron chi connectivity index (χ3n) is 5.01. The molecule has 1 fully saturated rings. The first-order valence-electron chi connectivity index (χ1n) is 8.52. The lowest BCUT2D eigenvalue weighted by atomic mass is 9.65. The zero-order chi connectivity index (χ0) is 17.4. The van der Waals surface area contributed by atoms with Crippen molar-refractivity contribution >= 4 is 17.1 Å². The Balaban J connectivity index is 1.86. The van der Waals surface area contributed by atoms with Gasteiger partial charge in [0.1, 0.15) is 6.61 Å². The first-order valence-corrected chi connectivity index (χ1v) is 8.52. The Hall–Kier alpha value is -2.60. The predicted octanol–water partition coefficient (Wildman–Crippen LogP) is 2.74. The van der Waals surface area contributed by atoms with E-state index in [1.165, 1.54) is 12.0 Å². The summed E-state index contributed by atoms with van der Waals surface area (Å²) < 4.78 is 1.82. The van der Waals surface area contributed by atoms with E-state index in [0.717, 1.165) is 29.4 Å². The summed E-state index contributed by atoms with van der Waals surface area (Å²) >= 11 is 0. The van der Waals surface area contributed by atoms with Crippen LogP contribution in [0.2, 0.25) is 0 Å². The Labute approximate surface area is 146 Å². The summed E-state index contributed by atoms with van der Waals surface area (Å²) in [6.07, 6.45) is 7.42. The van der Waals surface area contributed by atoms with E-state index in [9.17, 15) is 5.11 Å². The molecular formula is C19H21N5O. The average Bonchev–Trinajstić information content (AvgIpc) is 3.00. The number of nitrogens with zero attached hydrogens (tertiary/aromatic N) is 5. The first-order chi connectivity index (χ1) is 12.1. The Kier molecular flexibility index (Phi) is 3.84. The van der Waals surface area contributed by atoms with Gasteiger partial charge in [-0.3, -0.25) is 4.99 Å². The zero-order valence-corrected chi connectivity index (χ0v) is 14.5. The fraction of sp³-hybridized carbons (Fsp3) is 0.368. The van der Waals surface area contributed by atoms with E-state index in [1.54, 1.807) is 0 Å². The summed E-state index contributed by atoms with van der Waals surface area (Å²) in [6.45, 7) is 1.71. The highest BCUT2D eigenvalue weighted by atomic mass is 16.3. The number of aromatic nitrogens is 4. The molecule has 0 bridgehead atoms. The van der Waals surface area contributed by atoms with E-state index in [1.807, 2.05) is 30.9 Å². The van der Waals surface area contributed by atoms with E-state index < -0.39 is 0 Å². The van der Waals surface area contributed by atoms with Crippen LogP contribution < -0.4 is 0 Å². The van der Waals surface area contributed by atoms with Crippen LogP contribution in [0.1, 0.15) is 36.3 Å². The van der Waals surface area contributed by atoms with Crippen LogP contribution in [0.25, 0.3) is 16.7 Å². The monoisotopic (exact) mass is 335 g/mol. The predicted molar refractivity (Wildman–Crippen MR) is 97.3 cm³/mol. The van der Waals surface area contributed by atoms with Crippen LogP contribution in [0.3, 0.4) is 0 Å². The summed E-state index contributed by atoms with van der Waals surface area (Å²) in [5.74, 6) is 1.08. The third-order valence-corrected chi connectivity index (χ3v) is 5.01. The summed E-state index contributed by atoms with van der Waals surface area (Å²) in [6, 6.07) is 8.36. The molecule has 6 heteroatoms. The highest BCUT2D eigenvalue weighted by molar-refractivity contribution is 5.84. The van der Waals surface area contributed by atoms with E-state index in [-0.39, 0.29) is 12.0 Å². The van der Waals surface area contributed by atoms with Gasteiger partial charge in [0.15, 0.2) is 11.6 Å². The molecule has 128 valence electrons. The van der Waals surface area contributed by atoms with Gasteiger partial charge in [0.25, 0.3) is 0 Å². The molecule has 4 rings (SSSR count). The van der Waals surface area contributed by atoms with Crippen molar-refractivity contribution in [1.82, 2.24) is 19.7 Å². The Morgan fingerprint density at radius 3 is 2.80 bits per heavy atom. The highest BCUT2D eigenvalue weighted by Crippen LogP contribution is 2.43. The highest BCUT2D eigenvalue weighted by Gasteiger charge is 2.37. The maximum Gasteiger partial charge on any atom is 0.158 e. The second-order valence-electron chi connectivity index (χ2n) is 6.67. The molecule has 0 atom stereocenters. The average molecular weight is 335 g/mol. The molecule has 1 saturated carbocycles. The minimum Gasteiger partial charge on any atom is -0.388 e. The number of fused-ring (bicyclic) bond motifs is 1. The lowest BCUT2D eigenvalue weighted by molar-refractivity contribution is 0.271. The van der Waals surface area contributed by atoms with Crippen molar-refractivity contribution < 1.29 is 5.11 Å². The summed E-state index contributed by atoms with van der Waals surface area (Å²) in [7, 11) is 1.84. The van der Waals surface area contributed by atoms with Crippen LogP contribution in [0.5, 0.6) is 0 Å². The van der Waals surface area contributed by atoms with Gasteiger partial charge in [-0.2, -0.15) is 5.10 Å². The van der Waals surface area contributed by atoms with Gasteiger partial charge in [-0.1, -0.05) is 18.6 Å². The Morgan fingerprint density at radius 2 is 2.12 bits per heavy atom. The van der Waals surface area contributed by atoms with Gasteiger partial charge in [0.2, 0.25) is 0 Å². The van der Waals surface area contributed by atoms with E-state index >= 15 is 0 Å². The molecule has 1 aliphatic rings. The fourth-order valence-corrected chi connectivity index (χ4v) is 3.60. The number of hydrogen-bond acceptors (Lipinski definition) is 5. The number of aryl methyl sites for hydroxylation is 1. The normalized spacial score (nSPS) is 16.4. The number of aliphatic hydroxyl groups excluding tert-OH is 1. The molecule has 0 aliphatic heterocycles. The van der Waals surface area contributed by atoms with Gasteiger partial charge in [0.05, 0.1) is 11.7 Å². The van der Waals surface area contributed by atoms with Crippen molar-refractivity contribution in [3.05, 3.63) is 47.5 Å². The number of rotatable bonds is 4. The zero-order valence-electron chi connectivity index (χ0n) is 14.5. The number of aliphatic imine (C=N–C) groups is 1. The molecule has 0 amide bonds. The summed E-state index contributed by atoms with van der Waals surface area (Å²) in [5.41, 5.74) is 3.14. The first kappa shape index (κ1) is 15.9. The topological polar surface area (TPSA) is 76.2 Å². The van der Waals surface area contributed by atoms with Crippen LogP contribution in [0, 0.1) is 6.92 Å². The molecule has 6 nitrogen and oxygen atoms in total. The molecule has 3 aromatic rings. The lowest BCUT2D eigenvalue weighted by Gasteiger charge is -2.39. The van der Waals surface area contributed by atoms with Crippen LogP contribution >= 0.6 is 0 Å². The van der Waals surface area contributed by atoms with Gasteiger partial charge < -0.3 is 5.11 Å². The molecule has 0 unspecified atom stereocenters. The molecule has 25 heavy (non-hydrogen) atoms. The second-order valence-corrected chi connectivity index (χ2v) is 6.67. The molecule has 1 aliphatic carbocycles. The standard InChI is InChI=1S/C19H21N5O/c1-13-8-18(23-17(11-25)22-13)24-16-9-15(5-4-14(16)10-21-24)19(12-20-2)6-3-7-19/h4-5,8-10,12,25H,3,6-7,11H2,1-2H3/b20-12-. The number of hydrogen-bond donors (Lipinski definition) is 1. The molecular weight excluding hydrogens is 314 g/mol. The van der Waals surface area contributed by atoms with Crippen molar-refractivity contribution in [2.24, 2.45) is 4.99 Å². The molecule has 0 radical (unpaired) electrons. The minimum atomic E-state index is -0.185.